The number of rotatable bonds is 3. The predicted molar refractivity (Wildman–Crippen MR) is 61.9 cm³/mol. The monoisotopic (exact) mass is 189 g/mol. The minimum atomic E-state index is 1.14. The quantitative estimate of drug-likeness (QED) is 0.768. The van der Waals surface area contributed by atoms with Gasteiger partial charge in [-0.2, -0.15) is 0 Å². The highest BCUT2D eigenvalue weighted by Gasteiger charge is 2.07. The van der Waals surface area contributed by atoms with Gasteiger partial charge in [0.25, 0.3) is 0 Å². The van der Waals surface area contributed by atoms with Gasteiger partial charge in [0.1, 0.15) is 0 Å². The summed E-state index contributed by atoms with van der Waals surface area (Å²) in [7, 11) is 0. The van der Waals surface area contributed by atoms with Crippen LogP contribution in [0.25, 0.3) is 0 Å². The van der Waals surface area contributed by atoms with Crippen molar-refractivity contribution < 1.29 is 0 Å². The van der Waals surface area contributed by atoms with Crippen molar-refractivity contribution in [2.45, 2.75) is 39.0 Å². The lowest BCUT2D eigenvalue weighted by molar-refractivity contribution is 0.790. The average molecular weight is 189 g/mol. The number of hydrogen-bond acceptors (Lipinski definition) is 1. The summed E-state index contributed by atoms with van der Waals surface area (Å²) < 4.78 is 0. The molecular formula is C13H19N. The van der Waals surface area contributed by atoms with E-state index in [-0.39, 0.29) is 0 Å². The molecule has 0 amide bonds. The molecule has 1 heteroatoms. The topological polar surface area (TPSA) is 12.0 Å². The molecular weight excluding hydrogens is 170 g/mol. The van der Waals surface area contributed by atoms with Crippen LogP contribution in [0.15, 0.2) is 18.2 Å². The molecule has 1 aromatic carbocycles. The van der Waals surface area contributed by atoms with E-state index in [4.69, 9.17) is 0 Å². The minimum Gasteiger partial charge on any atom is -0.385 e. The van der Waals surface area contributed by atoms with Crippen LogP contribution >= 0.6 is 0 Å². The van der Waals surface area contributed by atoms with E-state index in [2.05, 4.69) is 30.4 Å². The van der Waals surface area contributed by atoms with Crippen LogP contribution in [0, 0.1) is 0 Å². The van der Waals surface area contributed by atoms with Gasteiger partial charge in [0, 0.05) is 12.2 Å². The first-order chi connectivity index (χ1) is 6.90. The SMILES string of the molecule is CCCCc1ccc2c(c1)NCCC2. The lowest BCUT2D eigenvalue weighted by Crippen LogP contribution is -2.11. The largest absolute Gasteiger partial charge is 0.385 e. The van der Waals surface area contributed by atoms with E-state index in [1.165, 1.54) is 48.9 Å². The Morgan fingerprint density at radius 2 is 2.29 bits per heavy atom. The Bertz CT molecular complexity index is 304. The fourth-order valence-corrected chi connectivity index (χ4v) is 2.04. The highest BCUT2D eigenvalue weighted by molar-refractivity contribution is 5.54. The summed E-state index contributed by atoms with van der Waals surface area (Å²) in [6, 6.07) is 6.93. The second kappa shape index (κ2) is 4.50. The normalized spacial score (nSPS) is 14.6. The van der Waals surface area contributed by atoms with Gasteiger partial charge in [-0.05, 0) is 42.9 Å². The maximum absolute atomic E-state index is 3.48. The zero-order chi connectivity index (χ0) is 9.80. The van der Waals surface area contributed by atoms with Crippen molar-refractivity contribution in [2.24, 2.45) is 0 Å². The molecule has 1 aromatic rings. The molecule has 1 aliphatic heterocycles. The van der Waals surface area contributed by atoms with Crippen molar-refractivity contribution in [1.82, 2.24) is 0 Å². The van der Waals surface area contributed by atoms with Gasteiger partial charge >= 0.3 is 0 Å². The number of benzene rings is 1. The number of hydrogen-bond donors (Lipinski definition) is 1. The number of fused-ring (bicyclic) bond motifs is 1. The Hall–Kier alpha value is -0.980. The van der Waals surface area contributed by atoms with E-state index in [0.29, 0.717) is 0 Å². The third kappa shape index (κ3) is 2.09. The average Bonchev–Trinajstić information content (AvgIpc) is 2.26. The van der Waals surface area contributed by atoms with Gasteiger partial charge in [0.05, 0.1) is 0 Å². The van der Waals surface area contributed by atoms with Crippen LogP contribution in [-0.2, 0) is 12.8 Å². The second-order valence-corrected chi connectivity index (χ2v) is 4.13. The van der Waals surface area contributed by atoms with Crippen molar-refractivity contribution >= 4 is 5.69 Å². The van der Waals surface area contributed by atoms with Crippen molar-refractivity contribution in [3.8, 4) is 0 Å². The van der Waals surface area contributed by atoms with E-state index in [0.717, 1.165) is 6.54 Å². The minimum absolute atomic E-state index is 1.14. The molecule has 0 saturated heterocycles. The Labute approximate surface area is 86.5 Å². The first-order valence-electron chi connectivity index (χ1n) is 5.76. The molecule has 2 rings (SSSR count). The second-order valence-electron chi connectivity index (χ2n) is 4.13. The molecule has 0 radical (unpaired) electrons. The number of nitrogens with one attached hydrogen (secondary N) is 1. The van der Waals surface area contributed by atoms with Crippen LogP contribution in [0.2, 0.25) is 0 Å². The third-order valence-corrected chi connectivity index (χ3v) is 2.93. The fraction of sp³-hybridized carbons (Fsp3) is 0.538. The zero-order valence-electron chi connectivity index (χ0n) is 8.97. The summed E-state index contributed by atoms with van der Waals surface area (Å²) >= 11 is 0. The van der Waals surface area contributed by atoms with Gasteiger partial charge < -0.3 is 5.32 Å². The molecule has 76 valence electrons. The molecule has 1 nitrogen and oxygen atoms in total. The van der Waals surface area contributed by atoms with Crippen molar-refractivity contribution in [2.75, 3.05) is 11.9 Å². The lowest BCUT2D eigenvalue weighted by atomic mass is 9.99. The van der Waals surface area contributed by atoms with Gasteiger partial charge in [0.15, 0.2) is 0 Å². The maximum Gasteiger partial charge on any atom is 0.0375 e. The Balaban J connectivity index is 2.12. The predicted octanol–water partition coefficient (Wildman–Crippen LogP) is 3.39. The molecule has 1 heterocycles. The highest BCUT2D eigenvalue weighted by atomic mass is 14.9. The van der Waals surface area contributed by atoms with Crippen molar-refractivity contribution in [3.05, 3.63) is 29.3 Å². The highest BCUT2D eigenvalue weighted by Crippen LogP contribution is 2.23. The van der Waals surface area contributed by atoms with Gasteiger partial charge in [0.2, 0.25) is 0 Å². The van der Waals surface area contributed by atoms with Crippen LogP contribution in [0.4, 0.5) is 5.69 Å². The van der Waals surface area contributed by atoms with E-state index >= 15 is 0 Å². The van der Waals surface area contributed by atoms with Gasteiger partial charge in [-0.3, -0.25) is 0 Å². The molecule has 0 unspecified atom stereocenters. The van der Waals surface area contributed by atoms with Gasteiger partial charge in [-0.25, -0.2) is 0 Å². The molecule has 0 saturated carbocycles. The standard InChI is InChI=1S/C13H19N/c1-2-3-5-11-7-8-12-6-4-9-14-13(12)10-11/h7-8,10,14H,2-6,9H2,1H3. The molecule has 14 heavy (non-hydrogen) atoms. The molecule has 0 atom stereocenters. The molecule has 0 aliphatic carbocycles. The fourth-order valence-electron chi connectivity index (χ4n) is 2.04. The summed E-state index contributed by atoms with van der Waals surface area (Å²) in [5.74, 6) is 0. The first-order valence-corrected chi connectivity index (χ1v) is 5.76. The van der Waals surface area contributed by atoms with Gasteiger partial charge in [-0.15, -0.1) is 0 Å². The summed E-state index contributed by atoms with van der Waals surface area (Å²) in [4.78, 5) is 0. The van der Waals surface area contributed by atoms with Crippen molar-refractivity contribution in [1.29, 1.82) is 0 Å². The summed E-state index contributed by atoms with van der Waals surface area (Å²) in [6.45, 7) is 3.39. The zero-order valence-corrected chi connectivity index (χ0v) is 8.97. The van der Waals surface area contributed by atoms with E-state index < -0.39 is 0 Å². The van der Waals surface area contributed by atoms with Crippen molar-refractivity contribution in [3.63, 3.8) is 0 Å². The Morgan fingerprint density at radius 3 is 3.14 bits per heavy atom. The number of unbranched alkanes of at least 4 members (excludes halogenated alkanes) is 1. The number of anilines is 1. The molecule has 0 bridgehead atoms. The summed E-state index contributed by atoms with van der Waals surface area (Å²) in [5, 5.41) is 3.48. The molecule has 1 N–H and O–H groups in total. The lowest BCUT2D eigenvalue weighted by Gasteiger charge is -2.18. The van der Waals surface area contributed by atoms with Crippen LogP contribution in [0.1, 0.15) is 37.3 Å². The molecule has 0 spiro atoms. The van der Waals surface area contributed by atoms with Gasteiger partial charge in [-0.1, -0.05) is 25.5 Å². The first kappa shape index (κ1) is 9.57. The molecule has 0 aromatic heterocycles. The van der Waals surface area contributed by atoms with Crippen LogP contribution in [0.5, 0.6) is 0 Å². The number of aryl methyl sites for hydroxylation is 2. The van der Waals surface area contributed by atoms with E-state index in [9.17, 15) is 0 Å². The van der Waals surface area contributed by atoms with Crippen LogP contribution in [-0.4, -0.2) is 6.54 Å². The summed E-state index contributed by atoms with van der Waals surface area (Å²) in [6.07, 6.45) is 6.34. The smallest absolute Gasteiger partial charge is 0.0375 e. The van der Waals surface area contributed by atoms with Crippen LogP contribution < -0.4 is 5.32 Å². The molecule has 0 fully saturated rings. The summed E-state index contributed by atoms with van der Waals surface area (Å²) in [5.41, 5.74) is 4.36. The third-order valence-electron chi connectivity index (χ3n) is 2.93. The van der Waals surface area contributed by atoms with Crippen LogP contribution in [0.3, 0.4) is 0 Å². The van der Waals surface area contributed by atoms with E-state index in [1.807, 2.05) is 0 Å². The Morgan fingerprint density at radius 1 is 1.36 bits per heavy atom. The molecule has 1 aliphatic rings. The maximum atomic E-state index is 3.48. The Kier molecular flexibility index (Phi) is 3.07. The van der Waals surface area contributed by atoms with E-state index in [1.54, 1.807) is 0 Å².